The molecule has 4 heteroatoms. The minimum absolute atomic E-state index is 0.233. The molecule has 106 valence electrons. The number of methoxy groups -OCH3 is 1. The summed E-state index contributed by atoms with van der Waals surface area (Å²) in [5, 5.41) is 11.5. The van der Waals surface area contributed by atoms with Gasteiger partial charge >= 0.3 is 0 Å². The van der Waals surface area contributed by atoms with Gasteiger partial charge in [-0.1, -0.05) is 30.3 Å². The minimum atomic E-state index is 0.233. The number of nitrogens with one attached hydrogen (secondary N) is 1. The fourth-order valence-corrected chi connectivity index (χ4v) is 2.22. The maximum absolute atomic E-state index is 5.03. The summed E-state index contributed by atoms with van der Waals surface area (Å²) in [7, 11) is 3.55. The summed E-state index contributed by atoms with van der Waals surface area (Å²) < 4.78 is 5.03. The quantitative estimate of drug-likeness (QED) is 0.841. The van der Waals surface area contributed by atoms with E-state index in [0.717, 1.165) is 25.0 Å². The Morgan fingerprint density at radius 2 is 1.90 bits per heavy atom. The molecule has 1 atom stereocenters. The highest BCUT2D eigenvalue weighted by Crippen LogP contribution is 2.18. The number of aryl methyl sites for hydroxylation is 1. The molecule has 20 heavy (non-hydrogen) atoms. The fraction of sp³-hybridized carbons (Fsp3) is 0.375. The number of aromatic nitrogens is 2. The second kappa shape index (κ2) is 7.60. The summed E-state index contributed by atoms with van der Waals surface area (Å²) >= 11 is 0. The van der Waals surface area contributed by atoms with Gasteiger partial charge in [-0.2, -0.15) is 5.10 Å². The second-order valence-electron chi connectivity index (χ2n) is 4.72. The van der Waals surface area contributed by atoms with Crippen molar-refractivity contribution in [3.8, 4) is 5.88 Å². The van der Waals surface area contributed by atoms with Crippen LogP contribution in [0.25, 0.3) is 0 Å². The molecule has 2 aromatic rings. The van der Waals surface area contributed by atoms with Crippen LogP contribution in [-0.2, 0) is 6.42 Å². The van der Waals surface area contributed by atoms with E-state index < -0.39 is 0 Å². The van der Waals surface area contributed by atoms with Crippen LogP contribution in [0, 0.1) is 0 Å². The smallest absolute Gasteiger partial charge is 0.233 e. The standard InChI is InChI=1S/C16H21N3O/c1-17-14(15-11-12-16(20-2)19-18-15)10-6-9-13-7-4-3-5-8-13/h3-5,7-8,11-12,14,17H,6,9-10H2,1-2H3. The zero-order valence-corrected chi connectivity index (χ0v) is 12.0. The maximum atomic E-state index is 5.03. The molecule has 0 saturated heterocycles. The van der Waals surface area contributed by atoms with Crippen LogP contribution in [0.3, 0.4) is 0 Å². The Morgan fingerprint density at radius 3 is 2.50 bits per heavy atom. The molecule has 0 aliphatic carbocycles. The largest absolute Gasteiger partial charge is 0.480 e. The molecule has 1 heterocycles. The van der Waals surface area contributed by atoms with Gasteiger partial charge in [0.05, 0.1) is 18.8 Å². The van der Waals surface area contributed by atoms with Crippen molar-refractivity contribution in [2.24, 2.45) is 0 Å². The van der Waals surface area contributed by atoms with Crippen molar-refractivity contribution in [1.29, 1.82) is 0 Å². The molecule has 2 rings (SSSR count). The van der Waals surface area contributed by atoms with Crippen molar-refractivity contribution in [2.75, 3.05) is 14.2 Å². The average Bonchev–Trinajstić information content (AvgIpc) is 2.53. The Balaban J connectivity index is 1.88. The molecule has 0 bridgehead atoms. The van der Waals surface area contributed by atoms with Crippen LogP contribution < -0.4 is 10.1 Å². The SMILES string of the molecule is CNC(CCCc1ccccc1)c1ccc(OC)nn1. The van der Waals surface area contributed by atoms with Crippen molar-refractivity contribution < 1.29 is 4.74 Å². The van der Waals surface area contributed by atoms with Gasteiger partial charge in [0.2, 0.25) is 5.88 Å². The molecular formula is C16H21N3O. The van der Waals surface area contributed by atoms with Gasteiger partial charge in [-0.25, -0.2) is 0 Å². The van der Waals surface area contributed by atoms with E-state index in [-0.39, 0.29) is 6.04 Å². The molecule has 0 fully saturated rings. The monoisotopic (exact) mass is 271 g/mol. The van der Waals surface area contributed by atoms with Crippen LogP contribution in [0.1, 0.15) is 30.1 Å². The number of rotatable bonds is 7. The number of nitrogens with zero attached hydrogens (tertiary/aromatic N) is 2. The Hall–Kier alpha value is -1.94. The summed E-state index contributed by atoms with van der Waals surface area (Å²) in [6.07, 6.45) is 3.23. The van der Waals surface area contributed by atoms with Gasteiger partial charge in [-0.15, -0.1) is 5.10 Å². The van der Waals surface area contributed by atoms with E-state index in [2.05, 4.69) is 39.8 Å². The molecule has 1 aromatic carbocycles. The summed E-state index contributed by atoms with van der Waals surface area (Å²) in [6, 6.07) is 14.6. The van der Waals surface area contributed by atoms with Crippen molar-refractivity contribution in [3.05, 3.63) is 53.7 Å². The highest BCUT2D eigenvalue weighted by atomic mass is 16.5. The molecular weight excluding hydrogens is 250 g/mol. The first-order valence-corrected chi connectivity index (χ1v) is 6.92. The molecule has 0 saturated carbocycles. The molecule has 1 unspecified atom stereocenters. The van der Waals surface area contributed by atoms with Crippen molar-refractivity contribution >= 4 is 0 Å². The first-order chi connectivity index (χ1) is 9.83. The first-order valence-electron chi connectivity index (χ1n) is 6.92. The predicted octanol–water partition coefficient (Wildman–Crippen LogP) is 2.77. The lowest BCUT2D eigenvalue weighted by Gasteiger charge is -2.15. The van der Waals surface area contributed by atoms with Gasteiger partial charge in [0.15, 0.2) is 0 Å². The van der Waals surface area contributed by atoms with E-state index in [4.69, 9.17) is 4.74 Å². The Bertz CT molecular complexity index is 499. The zero-order chi connectivity index (χ0) is 14.2. The second-order valence-corrected chi connectivity index (χ2v) is 4.72. The summed E-state index contributed by atoms with van der Waals surface area (Å²) in [6.45, 7) is 0. The molecule has 1 aromatic heterocycles. The van der Waals surface area contributed by atoms with Crippen LogP contribution in [0.15, 0.2) is 42.5 Å². The van der Waals surface area contributed by atoms with Gasteiger partial charge in [0, 0.05) is 6.07 Å². The van der Waals surface area contributed by atoms with Crippen LogP contribution >= 0.6 is 0 Å². The maximum Gasteiger partial charge on any atom is 0.233 e. The van der Waals surface area contributed by atoms with E-state index >= 15 is 0 Å². The molecule has 0 aliphatic rings. The lowest BCUT2D eigenvalue weighted by molar-refractivity contribution is 0.388. The summed E-state index contributed by atoms with van der Waals surface area (Å²) in [5.41, 5.74) is 2.34. The van der Waals surface area contributed by atoms with Crippen molar-refractivity contribution in [3.63, 3.8) is 0 Å². The Morgan fingerprint density at radius 1 is 1.10 bits per heavy atom. The lowest BCUT2D eigenvalue weighted by atomic mass is 10.0. The van der Waals surface area contributed by atoms with Gasteiger partial charge in [0.1, 0.15) is 0 Å². The molecule has 4 nitrogen and oxygen atoms in total. The Labute approximate surface area is 120 Å². The van der Waals surface area contributed by atoms with E-state index in [1.807, 2.05) is 25.2 Å². The normalized spacial score (nSPS) is 12.1. The topological polar surface area (TPSA) is 47.0 Å². The van der Waals surface area contributed by atoms with E-state index in [1.165, 1.54) is 5.56 Å². The highest BCUT2D eigenvalue weighted by molar-refractivity contribution is 5.16. The Kier molecular flexibility index (Phi) is 5.50. The van der Waals surface area contributed by atoms with Gasteiger partial charge in [-0.3, -0.25) is 0 Å². The van der Waals surface area contributed by atoms with Crippen LogP contribution in [0.5, 0.6) is 5.88 Å². The highest BCUT2D eigenvalue weighted by Gasteiger charge is 2.11. The van der Waals surface area contributed by atoms with Gasteiger partial charge < -0.3 is 10.1 Å². The fourth-order valence-electron chi connectivity index (χ4n) is 2.22. The molecule has 1 N–H and O–H groups in total. The molecule has 0 amide bonds. The zero-order valence-electron chi connectivity index (χ0n) is 12.0. The average molecular weight is 271 g/mol. The van der Waals surface area contributed by atoms with Crippen LogP contribution in [0.2, 0.25) is 0 Å². The molecule has 0 radical (unpaired) electrons. The third-order valence-corrected chi connectivity index (χ3v) is 3.38. The number of hydrogen-bond donors (Lipinski definition) is 1. The van der Waals surface area contributed by atoms with Crippen molar-refractivity contribution in [2.45, 2.75) is 25.3 Å². The first kappa shape index (κ1) is 14.5. The van der Waals surface area contributed by atoms with E-state index in [9.17, 15) is 0 Å². The lowest BCUT2D eigenvalue weighted by Crippen LogP contribution is -2.18. The van der Waals surface area contributed by atoms with Crippen LogP contribution in [-0.4, -0.2) is 24.4 Å². The van der Waals surface area contributed by atoms with Crippen LogP contribution in [0.4, 0.5) is 0 Å². The number of hydrogen-bond acceptors (Lipinski definition) is 4. The van der Waals surface area contributed by atoms with Crippen molar-refractivity contribution in [1.82, 2.24) is 15.5 Å². The molecule has 0 aliphatic heterocycles. The third-order valence-electron chi connectivity index (χ3n) is 3.38. The van der Waals surface area contributed by atoms with Gasteiger partial charge in [0.25, 0.3) is 0 Å². The minimum Gasteiger partial charge on any atom is -0.480 e. The molecule has 0 spiro atoms. The summed E-state index contributed by atoms with van der Waals surface area (Å²) in [4.78, 5) is 0. The third kappa shape index (κ3) is 4.03. The van der Waals surface area contributed by atoms with Gasteiger partial charge in [-0.05, 0) is 37.9 Å². The summed E-state index contributed by atoms with van der Waals surface area (Å²) in [5.74, 6) is 0.549. The van der Waals surface area contributed by atoms with E-state index in [0.29, 0.717) is 5.88 Å². The van der Waals surface area contributed by atoms with E-state index in [1.54, 1.807) is 7.11 Å². The predicted molar refractivity (Wildman–Crippen MR) is 79.8 cm³/mol. The number of benzene rings is 1. The number of ether oxygens (including phenoxy) is 1.